The topological polar surface area (TPSA) is 77.8 Å². The third-order valence-electron chi connectivity index (χ3n) is 6.28. The molecule has 0 unspecified atom stereocenters. The minimum absolute atomic E-state index is 0.307. The van der Waals surface area contributed by atoms with Gasteiger partial charge >= 0.3 is 5.97 Å². The van der Waals surface area contributed by atoms with Crippen molar-refractivity contribution in [3.8, 4) is 11.5 Å². The molecule has 1 aliphatic carbocycles. The minimum atomic E-state index is -0.722. The van der Waals surface area contributed by atoms with E-state index in [0.29, 0.717) is 24.3 Å². The molecule has 144 valence electrons. The smallest absolute Gasteiger partial charge is 0.306 e. The summed E-state index contributed by atoms with van der Waals surface area (Å²) in [6.07, 6.45) is 2.70. The van der Waals surface area contributed by atoms with Crippen LogP contribution in [0.1, 0.15) is 59.1 Å². The van der Waals surface area contributed by atoms with Gasteiger partial charge in [-0.25, -0.2) is 0 Å². The van der Waals surface area contributed by atoms with Crippen molar-refractivity contribution in [2.24, 2.45) is 5.92 Å². The van der Waals surface area contributed by atoms with Crippen LogP contribution in [0, 0.1) is 33.6 Å². The molecular formula is C23H28O4. The van der Waals surface area contributed by atoms with Crippen LogP contribution < -0.4 is 0 Å². The maximum atomic E-state index is 11.5. The molecule has 1 aliphatic rings. The first-order valence-corrected chi connectivity index (χ1v) is 9.50. The summed E-state index contributed by atoms with van der Waals surface area (Å²) in [5.41, 5.74) is 5.24. The normalized spacial score (nSPS) is 17.0. The van der Waals surface area contributed by atoms with Crippen LogP contribution in [-0.4, -0.2) is 21.3 Å². The summed E-state index contributed by atoms with van der Waals surface area (Å²) >= 11 is 0. The van der Waals surface area contributed by atoms with E-state index in [1.807, 2.05) is 52.0 Å². The Labute approximate surface area is 160 Å². The van der Waals surface area contributed by atoms with Crippen LogP contribution in [0.25, 0.3) is 0 Å². The highest BCUT2D eigenvalue weighted by molar-refractivity contribution is 5.70. The molecule has 1 fully saturated rings. The molecule has 0 saturated heterocycles. The molecule has 0 aromatic heterocycles. The number of aryl methyl sites for hydroxylation is 4. The Morgan fingerprint density at radius 3 is 1.44 bits per heavy atom. The van der Waals surface area contributed by atoms with Crippen molar-refractivity contribution in [1.82, 2.24) is 0 Å². The first kappa shape index (κ1) is 19.3. The number of rotatable bonds is 3. The molecule has 0 atom stereocenters. The predicted molar refractivity (Wildman–Crippen MR) is 106 cm³/mol. The molecule has 0 amide bonds. The lowest BCUT2D eigenvalue weighted by Gasteiger charge is -2.41. The molecule has 0 radical (unpaired) electrons. The lowest BCUT2D eigenvalue weighted by Crippen LogP contribution is -2.35. The van der Waals surface area contributed by atoms with E-state index in [1.165, 1.54) is 0 Å². The van der Waals surface area contributed by atoms with E-state index in [2.05, 4.69) is 0 Å². The third kappa shape index (κ3) is 3.29. The fourth-order valence-corrected chi connectivity index (χ4v) is 4.57. The highest BCUT2D eigenvalue weighted by atomic mass is 16.4. The van der Waals surface area contributed by atoms with Gasteiger partial charge in [0.2, 0.25) is 0 Å². The molecule has 2 aromatic carbocycles. The lowest BCUT2D eigenvalue weighted by atomic mass is 9.62. The summed E-state index contributed by atoms with van der Waals surface area (Å²) in [6.45, 7) is 7.59. The number of hydrogen-bond donors (Lipinski definition) is 3. The van der Waals surface area contributed by atoms with E-state index in [0.717, 1.165) is 46.2 Å². The zero-order valence-electron chi connectivity index (χ0n) is 16.5. The maximum Gasteiger partial charge on any atom is 0.306 e. The molecule has 0 aliphatic heterocycles. The maximum absolute atomic E-state index is 11.5. The number of benzene rings is 2. The monoisotopic (exact) mass is 368 g/mol. The molecule has 3 rings (SSSR count). The van der Waals surface area contributed by atoms with Crippen LogP contribution in [0.4, 0.5) is 0 Å². The van der Waals surface area contributed by atoms with Gasteiger partial charge in [0, 0.05) is 5.41 Å². The molecule has 0 heterocycles. The Hall–Kier alpha value is -2.49. The number of phenolic OH excluding ortho intramolecular Hbond substituents is 2. The summed E-state index contributed by atoms with van der Waals surface area (Å²) in [5.74, 6) is -0.408. The van der Waals surface area contributed by atoms with Crippen molar-refractivity contribution in [2.75, 3.05) is 0 Å². The third-order valence-corrected chi connectivity index (χ3v) is 6.28. The van der Waals surface area contributed by atoms with E-state index < -0.39 is 5.97 Å². The van der Waals surface area contributed by atoms with E-state index in [4.69, 9.17) is 0 Å². The lowest BCUT2D eigenvalue weighted by molar-refractivity contribution is -0.143. The van der Waals surface area contributed by atoms with E-state index in [9.17, 15) is 20.1 Å². The van der Waals surface area contributed by atoms with Crippen LogP contribution in [0.15, 0.2) is 24.3 Å². The standard InChI is InChI=1S/C23H28O4/c1-13-9-18(10-14(2)20(13)24)23(7-5-17(6-8-23)22(26)27)19-11-15(3)21(25)16(4)12-19/h9-12,17,24-25H,5-8H2,1-4H3,(H,26,27). The Kier molecular flexibility index (Phi) is 4.94. The molecule has 1 saturated carbocycles. The van der Waals surface area contributed by atoms with Crippen LogP contribution in [0.2, 0.25) is 0 Å². The fraction of sp³-hybridized carbons (Fsp3) is 0.435. The Morgan fingerprint density at radius 1 is 0.815 bits per heavy atom. The van der Waals surface area contributed by atoms with Gasteiger partial charge in [-0.15, -0.1) is 0 Å². The van der Waals surface area contributed by atoms with Crippen molar-refractivity contribution >= 4 is 5.97 Å². The second kappa shape index (κ2) is 6.91. The summed E-state index contributed by atoms with van der Waals surface area (Å²) in [4.78, 5) is 11.5. The van der Waals surface area contributed by atoms with Crippen LogP contribution in [-0.2, 0) is 10.2 Å². The van der Waals surface area contributed by atoms with E-state index in [1.54, 1.807) is 0 Å². The summed E-state index contributed by atoms with van der Waals surface area (Å²) in [5, 5.41) is 29.9. The highest BCUT2D eigenvalue weighted by Crippen LogP contribution is 2.48. The Balaban J connectivity index is 2.18. The number of aromatic hydroxyl groups is 2. The average molecular weight is 368 g/mol. The van der Waals surface area contributed by atoms with Crippen molar-refractivity contribution < 1.29 is 20.1 Å². The highest BCUT2D eigenvalue weighted by Gasteiger charge is 2.41. The predicted octanol–water partition coefficient (Wildman–Crippen LogP) is 4.89. The molecule has 4 heteroatoms. The van der Waals surface area contributed by atoms with Crippen LogP contribution in [0.5, 0.6) is 11.5 Å². The van der Waals surface area contributed by atoms with Crippen LogP contribution in [0.3, 0.4) is 0 Å². The van der Waals surface area contributed by atoms with Gasteiger partial charge in [-0.05, 0) is 86.8 Å². The SMILES string of the molecule is Cc1cc(C2(c3cc(C)c(O)c(C)c3)CCC(C(=O)O)CC2)cc(C)c1O. The summed E-state index contributed by atoms with van der Waals surface area (Å²) < 4.78 is 0. The fourth-order valence-electron chi connectivity index (χ4n) is 4.57. The Morgan fingerprint density at radius 2 is 1.15 bits per heavy atom. The summed E-state index contributed by atoms with van der Waals surface area (Å²) in [7, 11) is 0. The molecule has 27 heavy (non-hydrogen) atoms. The number of carboxylic acids is 1. The molecule has 0 spiro atoms. The van der Waals surface area contributed by atoms with Crippen molar-refractivity contribution in [1.29, 1.82) is 0 Å². The van der Waals surface area contributed by atoms with Gasteiger partial charge in [-0.3, -0.25) is 4.79 Å². The Bertz CT molecular complexity index is 784. The van der Waals surface area contributed by atoms with Crippen molar-refractivity contribution in [2.45, 2.75) is 58.8 Å². The molecule has 2 aromatic rings. The molecular weight excluding hydrogens is 340 g/mol. The van der Waals surface area contributed by atoms with Crippen molar-refractivity contribution in [3.05, 3.63) is 57.6 Å². The van der Waals surface area contributed by atoms with E-state index >= 15 is 0 Å². The quantitative estimate of drug-likeness (QED) is 0.721. The van der Waals surface area contributed by atoms with Gasteiger partial charge < -0.3 is 15.3 Å². The summed E-state index contributed by atoms with van der Waals surface area (Å²) in [6, 6.07) is 8.11. The largest absolute Gasteiger partial charge is 0.507 e. The van der Waals surface area contributed by atoms with Gasteiger partial charge in [0.15, 0.2) is 0 Å². The van der Waals surface area contributed by atoms with Gasteiger partial charge in [0.25, 0.3) is 0 Å². The number of carbonyl (C=O) groups is 1. The zero-order chi connectivity index (χ0) is 19.9. The first-order chi connectivity index (χ1) is 12.7. The van der Waals surface area contributed by atoms with Gasteiger partial charge in [-0.2, -0.15) is 0 Å². The number of phenols is 2. The van der Waals surface area contributed by atoms with Gasteiger partial charge in [0.1, 0.15) is 11.5 Å². The van der Waals surface area contributed by atoms with Crippen LogP contribution >= 0.6 is 0 Å². The van der Waals surface area contributed by atoms with E-state index in [-0.39, 0.29) is 11.3 Å². The second-order valence-electron chi connectivity index (χ2n) is 8.11. The number of carboxylic acid groups (broad SMARTS) is 1. The van der Waals surface area contributed by atoms with Gasteiger partial charge in [-0.1, -0.05) is 24.3 Å². The molecule has 0 bridgehead atoms. The van der Waals surface area contributed by atoms with Crippen molar-refractivity contribution in [3.63, 3.8) is 0 Å². The average Bonchev–Trinajstić information content (AvgIpc) is 2.63. The first-order valence-electron chi connectivity index (χ1n) is 9.50. The molecule has 3 N–H and O–H groups in total. The zero-order valence-corrected chi connectivity index (χ0v) is 16.5. The number of aliphatic carboxylic acids is 1. The minimum Gasteiger partial charge on any atom is -0.507 e. The number of hydrogen-bond acceptors (Lipinski definition) is 3. The van der Waals surface area contributed by atoms with Gasteiger partial charge in [0.05, 0.1) is 5.92 Å². The second-order valence-corrected chi connectivity index (χ2v) is 8.11. The molecule has 4 nitrogen and oxygen atoms in total.